The minimum Gasteiger partial charge on any atom is -0.383 e. The summed E-state index contributed by atoms with van der Waals surface area (Å²) >= 11 is 0. The van der Waals surface area contributed by atoms with E-state index in [0.717, 1.165) is 34.7 Å². The highest BCUT2D eigenvalue weighted by Gasteiger charge is 2.32. The summed E-state index contributed by atoms with van der Waals surface area (Å²) in [6.45, 7) is 6.46. The molecule has 36 heavy (non-hydrogen) atoms. The lowest BCUT2D eigenvalue weighted by atomic mass is 10.1. The number of carbonyl (C=O) groups excluding carboxylic acids is 1. The van der Waals surface area contributed by atoms with Crippen LogP contribution in [0, 0.1) is 6.92 Å². The Kier molecular flexibility index (Phi) is 8.32. The summed E-state index contributed by atoms with van der Waals surface area (Å²) in [6, 6.07) is 13.3. The minimum atomic E-state index is -0.310. The van der Waals surface area contributed by atoms with Crippen LogP contribution < -0.4 is 10.6 Å². The van der Waals surface area contributed by atoms with Gasteiger partial charge < -0.3 is 15.0 Å². The monoisotopic (exact) mass is 493 g/mol. The fourth-order valence-corrected chi connectivity index (χ4v) is 4.19. The summed E-state index contributed by atoms with van der Waals surface area (Å²) in [5.74, 6) is 0.605. The van der Waals surface area contributed by atoms with Gasteiger partial charge in [0.2, 0.25) is 0 Å². The van der Waals surface area contributed by atoms with Crippen molar-refractivity contribution in [2.24, 2.45) is 0 Å². The van der Waals surface area contributed by atoms with Crippen LogP contribution in [0.25, 0.3) is 16.9 Å². The molecule has 2 aromatic heterocycles. The Morgan fingerprint density at radius 1 is 1.22 bits per heavy atom. The number of benzene rings is 1. The van der Waals surface area contributed by atoms with Crippen LogP contribution in [0.15, 0.2) is 48.7 Å². The second-order valence-electron chi connectivity index (χ2n) is 9.24. The molecule has 10 heteroatoms. The van der Waals surface area contributed by atoms with E-state index in [1.165, 1.54) is 0 Å². The van der Waals surface area contributed by atoms with Crippen molar-refractivity contribution >= 4 is 11.8 Å². The van der Waals surface area contributed by atoms with E-state index in [-0.39, 0.29) is 18.2 Å². The topological polar surface area (TPSA) is 96.8 Å². The average molecular weight is 494 g/mol. The molecule has 1 saturated heterocycles. The Hall–Kier alpha value is -3.31. The van der Waals surface area contributed by atoms with E-state index in [0.29, 0.717) is 25.5 Å². The molecule has 2 N–H and O–H groups in total. The van der Waals surface area contributed by atoms with Gasteiger partial charge in [0.15, 0.2) is 0 Å². The zero-order valence-electron chi connectivity index (χ0n) is 21.6. The molecule has 1 aliphatic heterocycles. The largest absolute Gasteiger partial charge is 0.383 e. The van der Waals surface area contributed by atoms with Gasteiger partial charge in [0.05, 0.1) is 35.8 Å². The van der Waals surface area contributed by atoms with Crippen molar-refractivity contribution in [2.45, 2.75) is 32.5 Å². The van der Waals surface area contributed by atoms with Gasteiger partial charge in [-0.1, -0.05) is 18.2 Å². The van der Waals surface area contributed by atoms with Crippen molar-refractivity contribution in [3.63, 3.8) is 0 Å². The van der Waals surface area contributed by atoms with Crippen molar-refractivity contribution in [3.8, 4) is 16.9 Å². The number of anilines is 1. The number of pyridine rings is 1. The van der Waals surface area contributed by atoms with Gasteiger partial charge in [-0.3, -0.25) is 15.1 Å². The SMILES string of the molecule is COCCN1C[C@@H](NC(=O)Nc2c(C)c(-c3ccc(CN(C)C)nc3)nn2-c2ccccc2)[C@H](C)O1. The fourth-order valence-electron chi connectivity index (χ4n) is 4.19. The smallest absolute Gasteiger partial charge is 0.320 e. The third kappa shape index (κ3) is 6.08. The molecule has 0 aliphatic carbocycles. The second kappa shape index (κ2) is 11.6. The summed E-state index contributed by atoms with van der Waals surface area (Å²) in [5.41, 5.74) is 4.34. The molecule has 0 spiro atoms. The molecule has 0 saturated carbocycles. The first-order valence-corrected chi connectivity index (χ1v) is 12.1. The van der Waals surface area contributed by atoms with Gasteiger partial charge in [0, 0.05) is 44.1 Å². The number of rotatable bonds is 9. The number of aromatic nitrogens is 3. The normalized spacial score (nSPS) is 18.1. The van der Waals surface area contributed by atoms with Crippen molar-refractivity contribution < 1.29 is 14.4 Å². The molecule has 3 heterocycles. The Labute approximate surface area is 212 Å². The second-order valence-corrected chi connectivity index (χ2v) is 9.24. The van der Waals surface area contributed by atoms with Gasteiger partial charge in [-0.2, -0.15) is 10.2 Å². The van der Waals surface area contributed by atoms with Crippen molar-refractivity contribution in [2.75, 3.05) is 46.2 Å². The lowest BCUT2D eigenvalue weighted by Gasteiger charge is -2.16. The number of hydroxylamine groups is 2. The molecule has 2 amide bonds. The van der Waals surface area contributed by atoms with Crippen molar-refractivity contribution in [3.05, 3.63) is 59.9 Å². The molecule has 192 valence electrons. The van der Waals surface area contributed by atoms with Gasteiger partial charge >= 0.3 is 6.03 Å². The van der Waals surface area contributed by atoms with Crippen LogP contribution >= 0.6 is 0 Å². The van der Waals surface area contributed by atoms with Crippen LogP contribution in [-0.4, -0.2) is 83.8 Å². The average Bonchev–Trinajstić information content (AvgIpc) is 3.37. The molecule has 0 radical (unpaired) electrons. The van der Waals surface area contributed by atoms with Crippen LogP contribution in [-0.2, 0) is 16.1 Å². The van der Waals surface area contributed by atoms with Crippen LogP contribution in [0.2, 0.25) is 0 Å². The minimum absolute atomic E-state index is 0.143. The van der Waals surface area contributed by atoms with Gasteiger partial charge in [0.25, 0.3) is 0 Å². The summed E-state index contributed by atoms with van der Waals surface area (Å²) in [7, 11) is 5.68. The van der Waals surface area contributed by atoms with E-state index in [1.807, 2.05) is 81.7 Å². The van der Waals surface area contributed by atoms with E-state index < -0.39 is 0 Å². The maximum Gasteiger partial charge on any atom is 0.320 e. The van der Waals surface area contributed by atoms with Crippen LogP contribution in [0.5, 0.6) is 0 Å². The van der Waals surface area contributed by atoms with Crippen LogP contribution in [0.4, 0.5) is 10.6 Å². The molecular formula is C26H35N7O3. The molecule has 3 aromatic rings. The standard InChI is InChI=1S/C26H35N7O3/c1-18-24(20-11-12-21(27-15-20)16-31(3)4)30-33(22-9-7-6-8-10-22)25(18)29-26(34)28-23-17-32(13-14-35-5)36-19(23)2/h6-12,15,19,23H,13-14,16-17H2,1-5H3,(H2,28,29,34)/t19-,23+/m0/s1. The summed E-state index contributed by atoms with van der Waals surface area (Å²) in [4.78, 5) is 25.6. The molecule has 0 unspecified atom stereocenters. The predicted octanol–water partition coefficient (Wildman–Crippen LogP) is 3.08. The van der Waals surface area contributed by atoms with E-state index in [1.54, 1.807) is 11.8 Å². The number of para-hydroxylation sites is 1. The first-order chi connectivity index (χ1) is 17.4. The first-order valence-electron chi connectivity index (χ1n) is 12.1. The van der Waals surface area contributed by atoms with Crippen molar-refractivity contribution in [1.82, 2.24) is 30.0 Å². The Morgan fingerprint density at radius 2 is 2.00 bits per heavy atom. The fraction of sp³-hybridized carbons (Fsp3) is 0.423. The number of amides is 2. The number of nitrogens with one attached hydrogen (secondary N) is 2. The van der Waals surface area contributed by atoms with E-state index in [9.17, 15) is 4.79 Å². The summed E-state index contributed by atoms with van der Waals surface area (Å²) in [6.07, 6.45) is 1.69. The molecule has 4 rings (SSSR count). The van der Waals surface area contributed by atoms with E-state index >= 15 is 0 Å². The molecule has 10 nitrogen and oxygen atoms in total. The lowest BCUT2D eigenvalue weighted by Crippen LogP contribution is -2.44. The maximum atomic E-state index is 13.1. The van der Waals surface area contributed by atoms with Crippen LogP contribution in [0.3, 0.4) is 0 Å². The molecule has 1 aromatic carbocycles. The van der Waals surface area contributed by atoms with Gasteiger partial charge in [0.1, 0.15) is 5.82 Å². The first kappa shape index (κ1) is 25.8. The highest BCUT2D eigenvalue weighted by Crippen LogP contribution is 2.30. The highest BCUT2D eigenvalue weighted by atomic mass is 16.7. The highest BCUT2D eigenvalue weighted by molar-refractivity contribution is 5.91. The number of hydrogen-bond donors (Lipinski definition) is 2. The Morgan fingerprint density at radius 3 is 2.67 bits per heavy atom. The lowest BCUT2D eigenvalue weighted by molar-refractivity contribution is -0.146. The number of nitrogens with zero attached hydrogens (tertiary/aromatic N) is 5. The Bertz CT molecular complexity index is 1150. The van der Waals surface area contributed by atoms with Gasteiger partial charge in [-0.15, -0.1) is 0 Å². The summed E-state index contributed by atoms with van der Waals surface area (Å²) < 4.78 is 6.89. The van der Waals surface area contributed by atoms with Gasteiger partial charge in [-0.05, 0) is 52.2 Å². The molecule has 2 atom stereocenters. The number of carbonyl (C=O) groups is 1. The third-order valence-corrected chi connectivity index (χ3v) is 6.07. The number of urea groups is 1. The van der Waals surface area contributed by atoms with E-state index in [4.69, 9.17) is 14.7 Å². The predicted molar refractivity (Wildman–Crippen MR) is 139 cm³/mol. The molecule has 1 fully saturated rings. The quantitative estimate of drug-likeness (QED) is 0.473. The maximum absolute atomic E-state index is 13.1. The number of methoxy groups -OCH3 is 1. The van der Waals surface area contributed by atoms with Gasteiger partial charge in [-0.25, -0.2) is 9.48 Å². The van der Waals surface area contributed by atoms with Crippen LogP contribution in [0.1, 0.15) is 18.2 Å². The Balaban J connectivity index is 1.57. The number of hydrogen-bond acceptors (Lipinski definition) is 7. The third-order valence-electron chi connectivity index (χ3n) is 6.07. The summed E-state index contributed by atoms with van der Waals surface area (Å²) in [5, 5.41) is 12.8. The zero-order valence-corrected chi connectivity index (χ0v) is 21.6. The van der Waals surface area contributed by atoms with Crippen molar-refractivity contribution in [1.29, 1.82) is 0 Å². The zero-order chi connectivity index (χ0) is 25.7. The molecular weight excluding hydrogens is 458 g/mol. The molecule has 0 bridgehead atoms. The van der Waals surface area contributed by atoms with E-state index in [2.05, 4.69) is 20.5 Å². The molecule has 1 aliphatic rings. The number of ether oxygens (including phenoxy) is 1.